The molecule has 0 bridgehead atoms. The van der Waals surface area contributed by atoms with Crippen molar-refractivity contribution in [3.63, 3.8) is 0 Å². The van der Waals surface area contributed by atoms with Gasteiger partial charge in [-0.25, -0.2) is 13.2 Å². The van der Waals surface area contributed by atoms with Gasteiger partial charge in [-0.05, 0) is 56.0 Å². The van der Waals surface area contributed by atoms with Crippen molar-refractivity contribution in [2.24, 2.45) is 0 Å². The number of sulfonamides is 1. The van der Waals surface area contributed by atoms with E-state index < -0.39 is 16.0 Å². The Morgan fingerprint density at radius 2 is 1.72 bits per heavy atom. The molecule has 1 amide bonds. The van der Waals surface area contributed by atoms with Crippen LogP contribution < -0.4 is 4.72 Å². The molecule has 1 aliphatic heterocycles. The number of hydrogen-bond acceptors (Lipinski definition) is 5. The third kappa shape index (κ3) is 4.27. The van der Waals surface area contributed by atoms with E-state index >= 15 is 0 Å². The van der Waals surface area contributed by atoms with Crippen LogP contribution in [0, 0.1) is 13.8 Å². The molecule has 0 spiro atoms. The van der Waals surface area contributed by atoms with E-state index in [1.54, 1.807) is 43.0 Å². The van der Waals surface area contributed by atoms with E-state index in [-0.39, 0.29) is 22.1 Å². The van der Waals surface area contributed by atoms with Crippen molar-refractivity contribution in [2.75, 3.05) is 24.9 Å². The van der Waals surface area contributed by atoms with Gasteiger partial charge in [-0.1, -0.05) is 18.2 Å². The van der Waals surface area contributed by atoms with Gasteiger partial charge in [0.15, 0.2) is 0 Å². The number of benzene rings is 2. The summed E-state index contributed by atoms with van der Waals surface area (Å²) in [6.07, 6.45) is 1.89. The highest BCUT2D eigenvalue weighted by molar-refractivity contribution is 7.92. The topological polar surface area (TPSA) is 92.8 Å². The summed E-state index contributed by atoms with van der Waals surface area (Å²) in [5, 5.41) is 0. The van der Waals surface area contributed by atoms with E-state index in [0.29, 0.717) is 29.8 Å². The minimum Gasteiger partial charge on any atom is -0.465 e. The molecule has 8 heteroatoms. The first-order valence-electron chi connectivity index (χ1n) is 9.35. The van der Waals surface area contributed by atoms with Crippen molar-refractivity contribution in [1.29, 1.82) is 0 Å². The number of nitrogens with one attached hydrogen (secondary N) is 1. The van der Waals surface area contributed by atoms with Crippen LogP contribution in [0.3, 0.4) is 0 Å². The van der Waals surface area contributed by atoms with Gasteiger partial charge < -0.3 is 9.64 Å². The lowest BCUT2D eigenvalue weighted by Crippen LogP contribution is -2.29. The highest BCUT2D eigenvalue weighted by atomic mass is 32.2. The average Bonchev–Trinajstić information content (AvgIpc) is 3.23. The molecule has 0 atom stereocenters. The van der Waals surface area contributed by atoms with Crippen molar-refractivity contribution in [1.82, 2.24) is 4.90 Å². The molecule has 29 heavy (non-hydrogen) atoms. The van der Waals surface area contributed by atoms with Crippen LogP contribution in [0.2, 0.25) is 0 Å². The van der Waals surface area contributed by atoms with Gasteiger partial charge in [0.25, 0.3) is 15.9 Å². The van der Waals surface area contributed by atoms with E-state index in [4.69, 9.17) is 0 Å². The lowest BCUT2D eigenvalue weighted by molar-refractivity contribution is 0.0600. The summed E-state index contributed by atoms with van der Waals surface area (Å²) in [6.45, 7) is 4.72. The predicted octanol–water partition coefficient (Wildman–Crippen LogP) is 3.13. The Morgan fingerprint density at radius 3 is 2.38 bits per heavy atom. The first kappa shape index (κ1) is 20.9. The Bertz CT molecular complexity index is 1060. The molecular formula is C21H24N2O5S. The second-order valence-electron chi connectivity index (χ2n) is 7.07. The summed E-state index contributed by atoms with van der Waals surface area (Å²) in [7, 11) is -2.80. The summed E-state index contributed by atoms with van der Waals surface area (Å²) in [5.41, 5.74) is 1.83. The first-order chi connectivity index (χ1) is 13.7. The Labute approximate surface area is 170 Å². The summed E-state index contributed by atoms with van der Waals surface area (Å²) in [4.78, 5) is 26.4. The molecule has 0 aromatic heterocycles. The molecule has 1 fully saturated rings. The largest absolute Gasteiger partial charge is 0.465 e. The number of rotatable bonds is 5. The van der Waals surface area contributed by atoms with E-state index in [2.05, 4.69) is 9.46 Å². The lowest BCUT2D eigenvalue weighted by Gasteiger charge is -2.20. The fraction of sp³-hybridized carbons (Fsp3) is 0.333. The van der Waals surface area contributed by atoms with Crippen LogP contribution >= 0.6 is 0 Å². The van der Waals surface area contributed by atoms with Crippen LogP contribution in [-0.2, 0) is 14.8 Å². The van der Waals surface area contributed by atoms with Crippen molar-refractivity contribution < 1.29 is 22.7 Å². The monoisotopic (exact) mass is 416 g/mol. The van der Waals surface area contributed by atoms with Gasteiger partial charge in [0.1, 0.15) is 0 Å². The number of methoxy groups -OCH3 is 1. The number of likely N-dealkylation sites (tertiary alicyclic amines) is 1. The Hall–Kier alpha value is -2.87. The number of carbonyl (C=O) groups is 2. The second-order valence-corrected chi connectivity index (χ2v) is 8.72. The highest BCUT2D eigenvalue weighted by Crippen LogP contribution is 2.28. The van der Waals surface area contributed by atoms with Crippen molar-refractivity contribution in [2.45, 2.75) is 31.6 Å². The fourth-order valence-corrected chi connectivity index (χ4v) is 4.82. The lowest BCUT2D eigenvalue weighted by atomic mass is 10.1. The third-order valence-corrected chi connectivity index (χ3v) is 6.52. The van der Waals surface area contributed by atoms with Crippen LogP contribution in [0.1, 0.15) is 44.7 Å². The molecule has 0 saturated carbocycles. The number of para-hydroxylation sites is 1. The number of anilines is 1. The van der Waals surface area contributed by atoms with E-state index in [9.17, 15) is 18.0 Å². The number of carbonyl (C=O) groups excluding carboxylic acids is 2. The summed E-state index contributed by atoms with van der Waals surface area (Å²) >= 11 is 0. The number of amides is 1. The standard InChI is InChI=1S/C21H24N2O5S/c1-14-9-10-16(21(25)28-3)13-18(14)29(26,27)22-19-15(2)7-6-8-17(19)20(24)23-11-4-5-12-23/h6-10,13,22H,4-5,11-12H2,1-3H3. The Morgan fingerprint density at radius 1 is 1.03 bits per heavy atom. The highest BCUT2D eigenvalue weighted by Gasteiger charge is 2.26. The number of esters is 1. The minimum absolute atomic E-state index is 0.0387. The molecule has 0 unspecified atom stereocenters. The smallest absolute Gasteiger partial charge is 0.337 e. The van der Waals surface area contributed by atoms with Crippen molar-refractivity contribution in [3.05, 3.63) is 58.7 Å². The third-order valence-electron chi connectivity index (χ3n) is 5.03. The summed E-state index contributed by atoms with van der Waals surface area (Å²) < 4.78 is 33.5. The molecule has 1 saturated heterocycles. The zero-order valence-electron chi connectivity index (χ0n) is 16.7. The second kappa shape index (κ2) is 8.24. The Balaban J connectivity index is 2.01. The zero-order valence-corrected chi connectivity index (χ0v) is 17.5. The van der Waals surface area contributed by atoms with Crippen LogP contribution in [0.5, 0.6) is 0 Å². The van der Waals surface area contributed by atoms with Crippen LogP contribution in [0.15, 0.2) is 41.3 Å². The van der Waals surface area contributed by atoms with Crippen molar-refractivity contribution in [3.8, 4) is 0 Å². The van der Waals surface area contributed by atoms with E-state index in [1.807, 2.05) is 0 Å². The minimum atomic E-state index is -4.04. The number of ether oxygens (including phenoxy) is 1. The van der Waals surface area contributed by atoms with Crippen molar-refractivity contribution >= 4 is 27.6 Å². The quantitative estimate of drug-likeness (QED) is 0.756. The van der Waals surface area contributed by atoms with Gasteiger partial charge in [-0.2, -0.15) is 0 Å². The summed E-state index contributed by atoms with van der Waals surface area (Å²) in [6, 6.07) is 9.45. The molecule has 7 nitrogen and oxygen atoms in total. The first-order valence-corrected chi connectivity index (χ1v) is 10.8. The maximum absolute atomic E-state index is 13.1. The molecule has 0 aliphatic carbocycles. The van der Waals surface area contributed by atoms with E-state index in [0.717, 1.165) is 12.8 Å². The molecule has 3 rings (SSSR count). The average molecular weight is 416 g/mol. The molecule has 1 N–H and O–H groups in total. The zero-order chi connectivity index (χ0) is 21.2. The number of aryl methyl sites for hydroxylation is 2. The molecule has 2 aromatic rings. The summed E-state index contributed by atoms with van der Waals surface area (Å²) in [5.74, 6) is -0.814. The van der Waals surface area contributed by atoms with Gasteiger partial charge in [-0.3, -0.25) is 9.52 Å². The van der Waals surface area contributed by atoms with Gasteiger partial charge in [0.05, 0.1) is 28.8 Å². The van der Waals surface area contributed by atoms with Gasteiger partial charge >= 0.3 is 5.97 Å². The van der Waals surface area contributed by atoms with Gasteiger partial charge in [0, 0.05) is 13.1 Å². The molecule has 2 aromatic carbocycles. The number of nitrogens with zero attached hydrogens (tertiary/aromatic N) is 1. The molecule has 154 valence electrons. The molecule has 1 aliphatic rings. The fourth-order valence-electron chi connectivity index (χ4n) is 3.40. The SMILES string of the molecule is COC(=O)c1ccc(C)c(S(=O)(=O)Nc2c(C)cccc2C(=O)N2CCCC2)c1. The van der Waals surface area contributed by atoms with Crippen LogP contribution in [-0.4, -0.2) is 45.4 Å². The van der Waals surface area contributed by atoms with Gasteiger partial charge in [0.2, 0.25) is 0 Å². The normalized spacial score (nSPS) is 14.0. The molecular weight excluding hydrogens is 392 g/mol. The Kier molecular flexibility index (Phi) is 5.93. The van der Waals surface area contributed by atoms with Crippen LogP contribution in [0.25, 0.3) is 0 Å². The van der Waals surface area contributed by atoms with Crippen LogP contribution in [0.4, 0.5) is 5.69 Å². The maximum atomic E-state index is 13.1. The number of hydrogen-bond donors (Lipinski definition) is 1. The predicted molar refractivity (Wildman–Crippen MR) is 110 cm³/mol. The maximum Gasteiger partial charge on any atom is 0.337 e. The van der Waals surface area contributed by atoms with E-state index in [1.165, 1.54) is 19.2 Å². The molecule has 0 radical (unpaired) electrons. The van der Waals surface area contributed by atoms with Gasteiger partial charge in [-0.15, -0.1) is 0 Å². The molecule has 1 heterocycles.